The molecule has 0 aliphatic carbocycles. The second-order valence-corrected chi connectivity index (χ2v) is 12.6. The van der Waals surface area contributed by atoms with Crippen molar-refractivity contribution in [3.8, 4) is 33.1 Å². The Morgan fingerprint density at radius 3 is 2.42 bits per heavy atom. The molecule has 3 heterocycles. The highest BCUT2D eigenvalue weighted by Crippen LogP contribution is 2.40. The van der Waals surface area contributed by atoms with Gasteiger partial charge in [0.1, 0.15) is 9.88 Å². The van der Waals surface area contributed by atoms with Gasteiger partial charge >= 0.3 is 5.97 Å². The summed E-state index contributed by atoms with van der Waals surface area (Å²) in [6.07, 6.45) is 3.49. The molecule has 3 aromatic heterocycles. The van der Waals surface area contributed by atoms with Gasteiger partial charge < -0.3 is 9.72 Å². The molecule has 0 radical (unpaired) electrons. The number of nitrogens with one attached hydrogen (secondary N) is 1. The smallest absolute Gasteiger partial charge is 0.348 e. The molecule has 0 aliphatic heterocycles. The van der Waals surface area contributed by atoms with E-state index in [9.17, 15) is 13.2 Å². The molecule has 0 saturated carbocycles. The van der Waals surface area contributed by atoms with Gasteiger partial charge in [-0.25, -0.2) is 18.2 Å². The SMILES string of the molecule is COC(=O)c1cc(-c2nc(-c3ccc(-c4cc(S(=O)(=O)c5ccccc5)c[nH]4)cc3)cs2)c(SC)s1. The fraction of sp³-hybridized carbons (Fsp3) is 0.0769. The summed E-state index contributed by atoms with van der Waals surface area (Å²) in [6.45, 7) is 0. The van der Waals surface area contributed by atoms with Crippen LogP contribution >= 0.6 is 34.4 Å². The van der Waals surface area contributed by atoms with Crippen molar-refractivity contribution in [2.75, 3.05) is 13.4 Å². The first kappa shape index (κ1) is 24.5. The number of esters is 1. The average Bonchev–Trinajstić information content (AvgIpc) is 3.68. The van der Waals surface area contributed by atoms with Crippen molar-refractivity contribution in [3.05, 3.63) is 83.2 Å². The Kier molecular flexibility index (Phi) is 6.85. The Bertz CT molecular complexity index is 1630. The third-order valence-corrected chi connectivity index (χ3v) is 10.4. The van der Waals surface area contributed by atoms with Gasteiger partial charge in [0.15, 0.2) is 0 Å². The predicted molar refractivity (Wildman–Crippen MR) is 146 cm³/mol. The molecule has 0 saturated heterocycles. The molecule has 2 aromatic carbocycles. The number of aromatic amines is 1. The van der Waals surface area contributed by atoms with Crippen molar-refractivity contribution in [1.29, 1.82) is 0 Å². The number of ether oxygens (including phenoxy) is 1. The molecule has 0 amide bonds. The molecule has 36 heavy (non-hydrogen) atoms. The first-order valence-corrected chi connectivity index (χ1v) is 15.1. The van der Waals surface area contributed by atoms with Gasteiger partial charge in [-0.1, -0.05) is 42.5 Å². The van der Waals surface area contributed by atoms with Gasteiger partial charge in [0, 0.05) is 28.4 Å². The molecule has 0 atom stereocenters. The number of nitrogens with zero attached hydrogens (tertiary/aromatic N) is 1. The first-order chi connectivity index (χ1) is 17.4. The van der Waals surface area contributed by atoms with E-state index in [1.807, 2.05) is 42.0 Å². The molecule has 182 valence electrons. The number of thiophene rings is 1. The maximum Gasteiger partial charge on any atom is 0.348 e. The second kappa shape index (κ2) is 10.1. The third-order valence-electron chi connectivity index (χ3n) is 5.52. The van der Waals surface area contributed by atoms with Gasteiger partial charge in [0.05, 0.1) is 26.8 Å². The van der Waals surface area contributed by atoms with Gasteiger partial charge in [-0.3, -0.25) is 0 Å². The molecule has 0 unspecified atom stereocenters. The highest BCUT2D eigenvalue weighted by atomic mass is 32.2. The summed E-state index contributed by atoms with van der Waals surface area (Å²) < 4.78 is 31.6. The van der Waals surface area contributed by atoms with Crippen molar-refractivity contribution in [2.45, 2.75) is 14.0 Å². The van der Waals surface area contributed by atoms with Crippen LogP contribution in [0.15, 0.2) is 92.3 Å². The highest BCUT2D eigenvalue weighted by Gasteiger charge is 2.20. The number of hydrogen-bond acceptors (Lipinski definition) is 8. The van der Waals surface area contributed by atoms with Gasteiger partial charge in [-0.15, -0.1) is 34.4 Å². The van der Waals surface area contributed by atoms with E-state index in [0.717, 1.165) is 31.6 Å². The molecule has 10 heteroatoms. The number of H-pyrrole nitrogens is 1. The largest absolute Gasteiger partial charge is 0.465 e. The van der Waals surface area contributed by atoms with Crippen molar-refractivity contribution in [3.63, 3.8) is 0 Å². The van der Waals surface area contributed by atoms with Crippen molar-refractivity contribution in [2.24, 2.45) is 0 Å². The predicted octanol–water partition coefficient (Wildman–Crippen LogP) is 6.88. The average molecular weight is 553 g/mol. The Morgan fingerprint density at radius 2 is 1.72 bits per heavy atom. The number of rotatable bonds is 7. The lowest BCUT2D eigenvalue weighted by Crippen LogP contribution is -1.99. The number of methoxy groups -OCH3 is 1. The van der Waals surface area contributed by atoms with Crippen LogP contribution in [-0.2, 0) is 14.6 Å². The molecular weight excluding hydrogens is 533 g/mol. The maximum atomic E-state index is 12.9. The fourth-order valence-electron chi connectivity index (χ4n) is 3.66. The summed E-state index contributed by atoms with van der Waals surface area (Å²) >= 11 is 4.50. The number of carbonyl (C=O) groups excluding carboxylic acids is 1. The second-order valence-electron chi connectivity index (χ2n) is 7.69. The summed E-state index contributed by atoms with van der Waals surface area (Å²) in [5.41, 5.74) is 4.29. The lowest BCUT2D eigenvalue weighted by molar-refractivity contribution is 0.0606. The van der Waals surface area contributed by atoms with E-state index in [1.54, 1.807) is 48.2 Å². The normalized spacial score (nSPS) is 11.5. The minimum absolute atomic E-state index is 0.226. The monoisotopic (exact) mass is 552 g/mol. The molecule has 1 N–H and O–H groups in total. The van der Waals surface area contributed by atoms with E-state index in [4.69, 9.17) is 9.72 Å². The molecule has 0 aliphatic rings. The Hall–Kier alpha value is -3.18. The van der Waals surface area contributed by atoms with Gasteiger partial charge in [0.25, 0.3) is 0 Å². The van der Waals surface area contributed by atoms with Gasteiger partial charge in [-0.05, 0) is 36.1 Å². The number of hydrogen-bond donors (Lipinski definition) is 1. The first-order valence-electron chi connectivity index (χ1n) is 10.7. The zero-order chi connectivity index (χ0) is 25.3. The summed E-state index contributed by atoms with van der Waals surface area (Å²) in [4.78, 5) is 20.9. The van der Waals surface area contributed by atoms with Crippen LogP contribution < -0.4 is 0 Å². The van der Waals surface area contributed by atoms with Crippen LogP contribution in [-0.4, -0.2) is 37.7 Å². The van der Waals surface area contributed by atoms with Crippen molar-refractivity contribution in [1.82, 2.24) is 9.97 Å². The van der Waals surface area contributed by atoms with Crippen LogP contribution in [0.5, 0.6) is 0 Å². The number of sulfone groups is 1. The van der Waals surface area contributed by atoms with E-state index >= 15 is 0 Å². The minimum atomic E-state index is -3.58. The van der Waals surface area contributed by atoms with E-state index in [2.05, 4.69) is 4.98 Å². The van der Waals surface area contributed by atoms with Gasteiger partial charge in [0.2, 0.25) is 9.84 Å². The summed E-state index contributed by atoms with van der Waals surface area (Å²) in [5, 5.41) is 2.83. The molecule has 0 fully saturated rings. The minimum Gasteiger partial charge on any atom is -0.465 e. The van der Waals surface area contributed by atoms with Gasteiger partial charge in [-0.2, -0.15) is 0 Å². The zero-order valence-electron chi connectivity index (χ0n) is 19.2. The molecule has 0 bridgehead atoms. The lowest BCUT2D eigenvalue weighted by Gasteiger charge is -2.02. The Labute approximate surface area is 220 Å². The summed E-state index contributed by atoms with van der Waals surface area (Å²) in [6, 6.07) is 19.7. The number of benzene rings is 2. The molecular formula is C26H20N2O4S4. The zero-order valence-corrected chi connectivity index (χ0v) is 22.5. The van der Waals surface area contributed by atoms with Crippen LogP contribution in [0.4, 0.5) is 0 Å². The molecule has 0 spiro atoms. The molecule has 6 nitrogen and oxygen atoms in total. The van der Waals surface area contributed by atoms with Crippen molar-refractivity contribution >= 4 is 50.2 Å². The molecule has 5 rings (SSSR count). The standard InChI is InChI=1S/C26H20N2O4S4/c1-32-25(29)23-13-20(26(33-2)35-23)24-28-22(15-34-24)17-10-8-16(9-11-17)21-12-19(14-27-21)36(30,31)18-6-4-3-5-7-18/h3-15,27H,1-2H3. The number of aromatic nitrogens is 2. The number of thioether (sulfide) groups is 1. The Morgan fingerprint density at radius 1 is 1.00 bits per heavy atom. The van der Waals surface area contributed by atoms with E-state index in [0.29, 0.717) is 10.6 Å². The van der Waals surface area contributed by atoms with Crippen LogP contribution in [0, 0.1) is 0 Å². The summed E-state index contributed by atoms with van der Waals surface area (Å²) in [7, 11) is -2.21. The van der Waals surface area contributed by atoms with E-state index in [1.165, 1.54) is 36.0 Å². The Balaban J connectivity index is 1.39. The van der Waals surface area contributed by atoms with Crippen LogP contribution in [0.3, 0.4) is 0 Å². The number of carbonyl (C=O) groups is 1. The fourth-order valence-corrected chi connectivity index (χ4v) is 7.70. The third kappa shape index (κ3) is 4.64. The maximum absolute atomic E-state index is 12.9. The van der Waals surface area contributed by atoms with E-state index in [-0.39, 0.29) is 15.8 Å². The quantitative estimate of drug-likeness (QED) is 0.175. The van der Waals surface area contributed by atoms with Crippen molar-refractivity contribution < 1.29 is 17.9 Å². The van der Waals surface area contributed by atoms with Crippen LogP contribution in [0.25, 0.3) is 33.1 Å². The van der Waals surface area contributed by atoms with Crippen LogP contribution in [0.2, 0.25) is 0 Å². The highest BCUT2D eigenvalue weighted by molar-refractivity contribution is 8.00. The topological polar surface area (TPSA) is 89.1 Å². The lowest BCUT2D eigenvalue weighted by atomic mass is 10.1. The molecule has 5 aromatic rings. The number of thiazole rings is 1. The van der Waals surface area contributed by atoms with E-state index < -0.39 is 9.84 Å². The van der Waals surface area contributed by atoms with Crippen LogP contribution in [0.1, 0.15) is 9.67 Å². The summed E-state index contributed by atoms with van der Waals surface area (Å²) in [5.74, 6) is -0.349.